The van der Waals surface area contributed by atoms with E-state index in [1.807, 2.05) is 0 Å². The molecule has 1 amide bonds. The first-order valence-electron chi connectivity index (χ1n) is 7.16. The Kier molecular flexibility index (Phi) is 5.50. The van der Waals surface area contributed by atoms with E-state index in [0.29, 0.717) is 6.54 Å². The van der Waals surface area contributed by atoms with Crippen molar-refractivity contribution in [1.82, 2.24) is 10.3 Å². The molecule has 21 heavy (non-hydrogen) atoms. The molecular formula is C14H18ClN3O3. The van der Waals surface area contributed by atoms with E-state index in [1.165, 1.54) is 31.7 Å². The van der Waals surface area contributed by atoms with Gasteiger partial charge in [0, 0.05) is 6.54 Å². The highest BCUT2D eigenvalue weighted by Gasteiger charge is 2.21. The Balaban J connectivity index is 1.87. The molecule has 1 heterocycles. The zero-order chi connectivity index (χ0) is 15.2. The maximum atomic E-state index is 12.0. The number of hydrogen-bond donors (Lipinski definition) is 1. The van der Waals surface area contributed by atoms with Crippen LogP contribution in [-0.2, 0) is 0 Å². The van der Waals surface area contributed by atoms with Gasteiger partial charge in [-0.05, 0) is 24.8 Å². The van der Waals surface area contributed by atoms with Gasteiger partial charge in [-0.2, -0.15) is 0 Å². The van der Waals surface area contributed by atoms with Gasteiger partial charge in [-0.3, -0.25) is 14.9 Å². The molecule has 1 aliphatic carbocycles. The number of hydrogen-bond acceptors (Lipinski definition) is 4. The lowest BCUT2D eigenvalue weighted by Crippen LogP contribution is -2.25. The molecule has 2 rings (SSSR count). The van der Waals surface area contributed by atoms with Crippen LogP contribution in [0.25, 0.3) is 0 Å². The Morgan fingerprint density at radius 2 is 2.19 bits per heavy atom. The minimum absolute atomic E-state index is 0.0409. The minimum Gasteiger partial charge on any atom is -0.352 e. The molecule has 0 radical (unpaired) electrons. The number of aromatic nitrogens is 1. The predicted octanol–water partition coefficient (Wildman–Crippen LogP) is 3.34. The number of amides is 1. The van der Waals surface area contributed by atoms with Crippen LogP contribution in [0.4, 0.5) is 5.69 Å². The summed E-state index contributed by atoms with van der Waals surface area (Å²) in [6.45, 7) is 0.520. The smallest absolute Gasteiger partial charge is 0.300 e. The number of nitrogens with one attached hydrogen (secondary N) is 1. The van der Waals surface area contributed by atoms with Gasteiger partial charge in [-0.25, -0.2) is 4.98 Å². The van der Waals surface area contributed by atoms with E-state index in [-0.39, 0.29) is 16.4 Å². The SMILES string of the molecule is O=C(NCCCC1CCCC1)c1cc(Cl)ncc1[N+](=O)[O-]. The minimum atomic E-state index is -0.628. The Bertz CT molecular complexity index is 530. The third-order valence-corrected chi connectivity index (χ3v) is 4.05. The zero-order valence-corrected chi connectivity index (χ0v) is 12.4. The van der Waals surface area contributed by atoms with Crippen LogP contribution >= 0.6 is 11.6 Å². The van der Waals surface area contributed by atoms with Crippen molar-refractivity contribution in [2.24, 2.45) is 5.92 Å². The fraction of sp³-hybridized carbons (Fsp3) is 0.571. The predicted molar refractivity (Wildman–Crippen MR) is 79.4 cm³/mol. The summed E-state index contributed by atoms with van der Waals surface area (Å²) >= 11 is 5.70. The molecule has 0 aromatic carbocycles. The molecule has 1 saturated carbocycles. The first-order chi connectivity index (χ1) is 10.1. The standard InChI is InChI=1S/C14H18ClN3O3/c15-13-8-11(12(9-17-13)18(20)21)14(19)16-7-3-6-10-4-1-2-5-10/h8-10H,1-7H2,(H,16,19). The fourth-order valence-corrected chi connectivity index (χ4v) is 2.89. The third-order valence-electron chi connectivity index (χ3n) is 3.84. The fourth-order valence-electron chi connectivity index (χ4n) is 2.74. The monoisotopic (exact) mass is 311 g/mol. The van der Waals surface area contributed by atoms with E-state index in [9.17, 15) is 14.9 Å². The van der Waals surface area contributed by atoms with Crippen molar-refractivity contribution in [3.63, 3.8) is 0 Å². The number of nitrogens with zero attached hydrogens (tertiary/aromatic N) is 2. The van der Waals surface area contributed by atoms with Crippen LogP contribution in [0.1, 0.15) is 48.9 Å². The van der Waals surface area contributed by atoms with Crippen LogP contribution < -0.4 is 5.32 Å². The summed E-state index contributed by atoms with van der Waals surface area (Å²) in [7, 11) is 0. The van der Waals surface area contributed by atoms with Crippen LogP contribution in [0.15, 0.2) is 12.3 Å². The molecule has 0 aliphatic heterocycles. The van der Waals surface area contributed by atoms with Gasteiger partial charge in [0.05, 0.1) is 4.92 Å². The second-order valence-corrected chi connectivity index (χ2v) is 5.72. The highest BCUT2D eigenvalue weighted by Crippen LogP contribution is 2.28. The molecule has 1 fully saturated rings. The van der Waals surface area contributed by atoms with E-state index in [2.05, 4.69) is 10.3 Å². The summed E-state index contributed by atoms with van der Waals surface area (Å²) in [6.07, 6.45) is 8.16. The lowest BCUT2D eigenvalue weighted by molar-refractivity contribution is -0.385. The topological polar surface area (TPSA) is 85.1 Å². The molecule has 0 bridgehead atoms. The summed E-state index contributed by atoms with van der Waals surface area (Å²) in [5.74, 6) is 0.295. The van der Waals surface area contributed by atoms with E-state index in [4.69, 9.17) is 11.6 Å². The molecule has 1 aliphatic rings. The second-order valence-electron chi connectivity index (χ2n) is 5.33. The molecule has 7 heteroatoms. The van der Waals surface area contributed by atoms with Gasteiger partial charge >= 0.3 is 0 Å². The summed E-state index contributed by atoms with van der Waals surface area (Å²) in [5, 5.41) is 13.7. The van der Waals surface area contributed by atoms with E-state index < -0.39 is 10.8 Å². The largest absolute Gasteiger partial charge is 0.352 e. The maximum absolute atomic E-state index is 12.0. The highest BCUT2D eigenvalue weighted by molar-refractivity contribution is 6.29. The molecule has 0 atom stereocenters. The quantitative estimate of drug-likeness (QED) is 0.378. The van der Waals surface area contributed by atoms with Crippen molar-refractivity contribution in [2.75, 3.05) is 6.54 Å². The Hall–Kier alpha value is -1.69. The Morgan fingerprint density at radius 3 is 2.86 bits per heavy atom. The van der Waals surface area contributed by atoms with Crippen molar-refractivity contribution < 1.29 is 9.72 Å². The third kappa shape index (κ3) is 4.39. The van der Waals surface area contributed by atoms with Crippen LogP contribution in [0.5, 0.6) is 0 Å². The highest BCUT2D eigenvalue weighted by atomic mass is 35.5. The van der Waals surface area contributed by atoms with E-state index in [0.717, 1.165) is 25.0 Å². The van der Waals surface area contributed by atoms with Crippen LogP contribution in [0, 0.1) is 16.0 Å². The molecule has 1 aromatic rings. The Morgan fingerprint density at radius 1 is 1.48 bits per heavy atom. The molecule has 6 nitrogen and oxygen atoms in total. The molecule has 0 spiro atoms. The number of nitro groups is 1. The molecule has 1 N–H and O–H groups in total. The van der Waals surface area contributed by atoms with Crippen molar-refractivity contribution in [1.29, 1.82) is 0 Å². The van der Waals surface area contributed by atoms with E-state index in [1.54, 1.807) is 0 Å². The van der Waals surface area contributed by atoms with Gasteiger partial charge in [0.25, 0.3) is 11.6 Å². The molecule has 1 aromatic heterocycles. The first kappa shape index (κ1) is 15.7. The van der Waals surface area contributed by atoms with Crippen molar-refractivity contribution >= 4 is 23.2 Å². The summed E-state index contributed by atoms with van der Waals surface area (Å²) in [6, 6.07) is 1.23. The first-order valence-corrected chi connectivity index (χ1v) is 7.54. The number of carbonyl (C=O) groups is 1. The van der Waals surface area contributed by atoms with Gasteiger partial charge in [0.15, 0.2) is 0 Å². The zero-order valence-electron chi connectivity index (χ0n) is 11.7. The van der Waals surface area contributed by atoms with Gasteiger partial charge in [0.1, 0.15) is 16.9 Å². The molecule has 0 saturated heterocycles. The van der Waals surface area contributed by atoms with Gasteiger partial charge in [0.2, 0.25) is 0 Å². The van der Waals surface area contributed by atoms with Crippen LogP contribution in [0.2, 0.25) is 5.15 Å². The molecule has 114 valence electrons. The molecule has 0 unspecified atom stereocenters. The van der Waals surface area contributed by atoms with Crippen LogP contribution in [-0.4, -0.2) is 22.4 Å². The number of halogens is 1. The summed E-state index contributed by atoms with van der Waals surface area (Å²) in [5.41, 5.74) is -0.367. The van der Waals surface area contributed by atoms with Crippen LogP contribution in [0.3, 0.4) is 0 Å². The van der Waals surface area contributed by atoms with E-state index >= 15 is 0 Å². The van der Waals surface area contributed by atoms with Crippen molar-refractivity contribution in [3.05, 3.63) is 33.1 Å². The number of carbonyl (C=O) groups excluding carboxylic acids is 1. The molecular weight excluding hydrogens is 294 g/mol. The second kappa shape index (κ2) is 7.36. The normalized spacial score (nSPS) is 15.1. The Labute approximate surface area is 128 Å². The van der Waals surface area contributed by atoms with Crippen molar-refractivity contribution in [2.45, 2.75) is 38.5 Å². The average Bonchev–Trinajstić information content (AvgIpc) is 2.96. The number of rotatable bonds is 6. The average molecular weight is 312 g/mol. The van der Waals surface area contributed by atoms with Gasteiger partial charge in [-0.15, -0.1) is 0 Å². The summed E-state index contributed by atoms with van der Waals surface area (Å²) < 4.78 is 0. The van der Waals surface area contributed by atoms with Gasteiger partial charge < -0.3 is 5.32 Å². The van der Waals surface area contributed by atoms with Crippen molar-refractivity contribution in [3.8, 4) is 0 Å². The maximum Gasteiger partial charge on any atom is 0.300 e. The lowest BCUT2D eigenvalue weighted by atomic mass is 10.0. The van der Waals surface area contributed by atoms with Gasteiger partial charge in [-0.1, -0.05) is 37.3 Å². The lowest BCUT2D eigenvalue weighted by Gasteiger charge is -2.09. The summed E-state index contributed by atoms with van der Waals surface area (Å²) in [4.78, 5) is 25.9. The number of pyridine rings is 1.